The zero-order valence-corrected chi connectivity index (χ0v) is 48.3. The molecule has 3 heteroatoms. The van der Waals surface area contributed by atoms with Gasteiger partial charge in [0.15, 0.2) is 0 Å². The fraction of sp³-hybridized carbons (Fsp3) is 0.0723. The van der Waals surface area contributed by atoms with Gasteiger partial charge in [0.2, 0.25) is 0 Å². The molecule has 0 N–H and O–H groups in total. The van der Waals surface area contributed by atoms with Gasteiger partial charge in [0.05, 0.1) is 22.2 Å². The van der Waals surface area contributed by atoms with Crippen LogP contribution in [-0.4, -0.2) is 9.55 Å². The van der Waals surface area contributed by atoms with Crippen molar-refractivity contribution in [1.82, 2.24) is 9.55 Å². The van der Waals surface area contributed by atoms with Gasteiger partial charge in [0.1, 0.15) is 5.82 Å². The predicted molar refractivity (Wildman–Crippen MR) is 364 cm³/mol. The number of hydrogen-bond donors (Lipinski definition) is 0. The Bertz CT molecular complexity index is 5550. The van der Waals surface area contributed by atoms with Crippen molar-refractivity contribution in [2.24, 2.45) is 0 Å². The quantitative estimate of drug-likeness (QED) is 0.122. The Labute approximate surface area is 499 Å². The Kier molecular flexibility index (Phi) is 10.2. The summed E-state index contributed by atoms with van der Waals surface area (Å²) in [6, 6.07) is 102. The monoisotopic (exact) mass is 1100 g/mol. The molecule has 3 nitrogen and oxygen atoms in total. The largest absolute Gasteiger partial charge is 0.309 e. The molecule has 18 rings (SSSR count). The maximum Gasteiger partial charge on any atom is 0.138 e. The van der Waals surface area contributed by atoms with E-state index in [2.05, 4.69) is 310 Å². The second-order valence-corrected chi connectivity index (χ2v) is 24.9. The van der Waals surface area contributed by atoms with Gasteiger partial charge in [-0.15, -0.1) is 0 Å². The Balaban J connectivity index is 0.903. The maximum atomic E-state index is 5.52. The van der Waals surface area contributed by atoms with Gasteiger partial charge in [-0.25, -0.2) is 4.98 Å². The van der Waals surface area contributed by atoms with E-state index in [0.29, 0.717) is 0 Å². The maximum absolute atomic E-state index is 5.52. The SMILES string of the molecule is CC1(C)c2ccccc2-c2cc(N(c3cccc(-c4ccccc4)c3)c3c4ccccc4c(-c4ccc5c(c4)c4ccc6c(c4n5-c4ccc5ccccc5n4)-c4cc5c7ccccc7c7ccccc7c5cc4C6(C)C)c4ccccc34)ccc21. The lowest BCUT2D eigenvalue weighted by molar-refractivity contribution is 0.660. The van der Waals surface area contributed by atoms with Gasteiger partial charge >= 0.3 is 0 Å². The molecule has 0 spiro atoms. The van der Waals surface area contributed by atoms with Crippen LogP contribution < -0.4 is 4.90 Å². The Morgan fingerprint density at radius 2 is 0.895 bits per heavy atom. The minimum absolute atomic E-state index is 0.121. The lowest BCUT2D eigenvalue weighted by atomic mass is 9.81. The fourth-order valence-corrected chi connectivity index (χ4v) is 15.7. The standard InChI is InChI=1S/C83H57N3/c1-82(2)71-35-18-17-30-60(71)68-47-55(39-41-72(68)82)85(54-25-20-24-52(45-54)50-21-6-5-7-22-50)80-63-33-15-13-31-61(63)78(62-32-14-16-34-64(62)80)53-37-43-76-69(46-53)65-40-42-73-79(81(65)86(76)77-44-38-51-23-8-19-36-75(51)84-77)70-48-66-58-28-11-9-26-56(58)57-27-10-12-29-59(57)67(66)49-74(70)83(73,3)4/h5-49H,1-4H3. The minimum Gasteiger partial charge on any atom is -0.309 e. The van der Waals surface area contributed by atoms with Crippen molar-refractivity contribution in [2.45, 2.75) is 38.5 Å². The summed E-state index contributed by atoms with van der Waals surface area (Å²) in [5.41, 5.74) is 21.6. The summed E-state index contributed by atoms with van der Waals surface area (Å²) >= 11 is 0. The normalized spacial score (nSPS) is 13.8. The molecule has 2 aliphatic rings. The number of anilines is 3. The zero-order valence-electron chi connectivity index (χ0n) is 48.3. The van der Waals surface area contributed by atoms with Gasteiger partial charge in [-0.3, -0.25) is 4.57 Å². The number of hydrogen-bond acceptors (Lipinski definition) is 2. The van der Waals surface area contributed by atoms with Crippen LogP contribution in [0, 0.1) is 0 Å². The van der Waals surface area contributed by atoms with Gasteiger partial charge in [0, 0.05) is 54.7 Å². The van der Waals surface area contributed by atoms with Crippen molar-refractivity contribution in [3.63, 3.8) is 0 Å². The molecular formula is C83H57N3. The topological polar surface area (TPSA) is 21.1 Å². The molecule has 0 aliphatic heterocycles. The van der Waals surface area contributed by atoms with E-state index in [9.17, 15) is 0 Å². The molecule has 0 amide bonds. The van der Waals surface area contributed by atoms with E-state index in [1.807, 2.05) is 0 Å². The molecule has 0 saturated heterocycles. The second-order valence-electron chi connectivity index (χ2n) is 24.9. The predicted octanol–water partition coefficient (Wildman–Crippen LogP) is 22.5. The molecule has 0 bridgehead atoms. The first-order valence-electron chi connectivity index (χ1n) is 30.2. The van der Waals surface area contributed by atoms with E-state index in [0.717, 1.165) is 39.3 Å². The van der Waals surface area contributed by atoms with Crippen LogP contribution in [-0.2, 0) is 10.8 Å². The number of rotatable bonds is 6. The van der Waals surface area contributed by atoms with Crippen molar-refractivity contribution in [1.29, 1.82) is 0 Å². The summed E-state index contributed by atoms with van der Waals surface area (Å²) in [5.74, 6) is 0.906. The Hall–Kier alpha value is -10.6. The number of para-hydroxylation sites is 1. The van der Waals surface area contributed by atoms with Crippen LogP contribution in [0.2, 0.25) is 0 Å². The highest BCUT2D eigenvalue weighted by Gasteiger charge is 2.40. The number of aromatic nitrogens is 2. The highest BCUT2D eigenvalue weighted by atomic mass is 15.1. The zero-order chi connectivity index (χ0) is 57.2. The summed E-state index contributed by atoms with van der Waals surface area (Å²) in [5, 5.41) is 16.0. The van der Waals surface area contributed by atoms with Crippen LogP contribution in [0.3, 0.4) is 0 Å². The molecule has 16 aromatic rings. The van der Waals surface area contributed by atoms with Crippen LogP contribution in [0.15, 0.2) is 273 Å². The number of benzene rings is 14. The van der Waals surface area contributed by atoms with Crippen LogP contribution in [0.5, 0.6) is 0 Å². The summed E-state index contributed by atoms with van der Waals surface area (Å²) in [4.78, 5) is 8.06. The summed E-state index contributed by atoms with van der Waals surface area (Å²) < 4.78 is 2.48. The molecular weight excluding hydrogens is 1040 g/mol. The Morgan fingerprint density at radius 3 is 1.64 bits per heavy atom. The van der Waals surface area contributed by atoms with Gasteiger partial charge in [-0.2, -0.15) is 0 Å². The third-order valence-electron chi connectivity index (χ3n) is 19.7. The highest BCUT2D eigenvalue weighted by Crippen LogP contribution is 2.57. The summed E-state index contributed by atoms with van der Waals surface area (Å²) in [6.07, 6.45) is 0. The average molecular weight is 1100 g/mol. The first-order chi connectivity index (χ1) is 42.2. The van der Waals surface area contributed by atoms with Gasteiger partial charge < -0.3 is 4.90 Å². The van der Waals surface area contributed by atoms with Gasteiger partial charge in [-0.1, -0.05) is 234 Å². The summed E-state index contributed by atoms with van der Waals surface area (Å²) in [7, 11) is 0. The average Bonchev–Trinajstić information content (AvgIpc) is 1.50. The fourth-order valence-electron chi connectivity index (χ4n) is 15.7. The molecule has 0 atom stereocenters. The third kappa shape index (κ3) is 6.82. The summed E-state index contributed by atoms with van der Waals surface area (Å²) in [6.45, 7) is 9.57. The lowest BCUT2D eigenvalue weighted by Gasteiger charge is -2.30. The van der Waals surface area contributed by atoms with Crippen LogP contribution in [0.25, 0.3) is 137 Å². The van der Waals surface area contributed by atoms with E-state index in [1.165, 1.54) is 137 Å². The minimum atomic E-state index is -0.278. The molecule has 14 aromatic carbocycles. The molecule has 2 aliphatic carbocycles. The van der Waals surface area contributed by atoms with Crippen molar-refractivity contribution in [2.75, 3.05) is 4.90 Å². The molecule has 86 heavy (non-hydrogen) atoms. The smallest absolute Gasteiger partial charge is 0.138 e. The molecule has 2 aromatic heterocycles. The second kappa shape index (κ2) is 18.0. The molecule has 0 radical (unpaired) electrons. The number of fused-ring (bicyclic) bond motifs is 19. The first kappa shape index (κ1) is 48.9. The van der Waals surface area contributed by atoms with Gasteiger partial charge in [-0.05, 0) is 171 Å². The number of nitrogens with zero attached hydrogens (tertiary/aromatic N) is 3. The van der Waals surface area contributed by atoms with Gasteiger partial charge in [0.25, 0.3) is 0 Å². The molecule has 0 saturated carbocycles. The lowest BCUT2D eigenvalue weighted by Crippen LogP contribution is -2.15. The van der Waals surface area contributed by atoms with E-state index in [4.69, 9.17) is 4.98 Å². The van der Waals surface area contributed by atoms with E-state index in [-0.39, 0.29) is 10.8 Å². The molecule has 404 valence electrons. The van der Waals surface area contributed by atoms with Crippen molar-refractivity contribution in [3.05, 3.63) is 295 Å². The highest BCUT2D eigenvalue weighted by molar-refractivity contribution is 6.28. The van der Waals surface area contributed by atoms with Crippen LogP contribution in [0.1, 0.15) is 49.9 Å². The molecule has 0 unspecified atom stereocenters. The van der Waals surface area contributed by atoms with Crippen molar-refractivity contribution < 1.29 is 0 Å². The van der Waals surface area contributed by atoms with Crippen molar-refractivity contribution >= 4 is 104 Å². The third-order valence-corrected chi connectivity index (χ3v) is 19.7. The van der Waals surface area contributed by atoms with Crippen LogP contribution in [0.4, 0.5) is 17.1 Å². The van der Waals surface area contributed by atoms with Crippen LogP contribution >= 0.6 is 0 Å². The molecule has 0 fully saturated rings. The van der Waals surface area contributed by atoms with E-state index >= 15 is 0 Å². The Morgan fingerprint density at radius 1 is 0.314 bits per heavy atom. The van der Waals surface area contributed by atoms with E-state index in [1.54, 1.807) is 0 Å². The molecule has 2 heterocycles. The number of pyridine rings is 1. The van der Waals surface area contributed by atoms with Crippen molar-refractivity contribution in [3.8, 4) is 50.3 Å². The first-order valence-corrected chi connectivity index (χ1v) is 30.2. The van der Waals surface area contributed by atoms with E-state index < -0.39 is 0 Å².